The molecule has 2 N–H and O–H groups in total. The monoisotopic (exact) mass is 469 g/mol. The first-order valence-corrected chi connectivity index (χ1v) is 11.2. The highest BCUT2D eigenvalue weighted by atomic mass is 32.2. The zero-order chi connectivity index (χ0) is 24.0. The molecule has 3 rings (SSSR count). The molecule has 0 aliphatic heterocycles. The van der Waals surface area contributed by atoms with Gasteiger partial charge >= 0.3 is 0 Å². The molecule has 0 bridgehead atoms. The SMILES string of the molecule is COc1cccc(OC(C)c2nnc(SC(C)C(=O)Nc3cccc(NC(C)=O)c3)n2C)c1. The van der Waals surface area contributed by atoms with Crippen molar-refractivity contribution < 1.29 is 19.1 Å². The molecule has 0 fully saturated rings. The number of nitrogens with one attached hydrogen (secondary N) is 2. The van der Waals surface area contributed by atoms with Gasteiger partial charge in [-0.05, 0) is 44.2 Å². The van der Waals surface area contributed by atoms with Crippen LogP contribution < -0.4 is 20.1 Å². The second kappa shape index (κ2) is 10.9. The van der Waals surface area contributed by atoms with Gasteiger partial charge in [-0.25, -0.2) is 0 Å². The Balaban J connectivity index is 1.63. The molecule has 33 heavy (non-hydrogen) atoms. The molecule has 2 aromatic carbocycles. The molecule has 9 nitrogen and oxygen atoms in total. The van der Waals surface area contributed by atoms with Crippen LogP contribution in [0.25, 0.3) is 0 Å². The fourth-order valence-electron chi connectivity index (χ4n) is 3.05. The smallest absolute Gasteiger partial charge is 0.237 e. The number of rotatable bonds is 9. The Morgan fingerprint density at radius 3 is 2.36 bits per heavy atom. The van der Waals surface area contributed by atoms with Crippen LogP contribution in [-0.2, 0) is 16.6 Å². The average molecular weight is 470 g/mol. The number of carbonyl (C=O) groups is 2. The Morgan fingerprint density at radius 1 is 1.00 bits per heavy atom. The molecule has 174 valence electrons. The van der Waals surface area contributed by atoms with Crippen molar-refractivity contribution in [1.29, 1.82) is 0 Å². The second-order valence-corrected chi connectivity index (χ2v) is 8.66. The van der Waals surface area contributed by atoms with Crippen LogP contribution in [0.5, 0.6) is 11.5 Å². The van der Waals surface area contributed by atoms with E-state index in [2.05, 4.69) is 20.8 Å². The summed E-state index contributed by atoms with van der Waals surface area (Å²) in [6.07, 6.45) is -0.357. The van der Waals surface area contributed by atoms with Gasteiger partial charge in [0.2, 0.25) is 11.8 Å². The van der Waals surface area contributed by atoms with E-state index in [1.54, 1.807) is 44.4 Å². The minimum atomic E-state index is -0.431. The van der Waals surface area contributed by atoms with Gasteiger partial charge in [-0.1, -0.05) is 23.9 Å². The molecule has 10 heteroatoms. The number of hydrogen-bond acceptors (Lipinski definition) is 7. The molecular weight excluding hydrogens is 442 g/mol. The van der Waals surface area contributed by atoms with Gasteiger partial charge in [0, 0.05) is 31.4 Å². The number of thioether (sulfide) groups is 1. The minimum absolute atomic E-state index is 0.176. The summed E-state index contributed by atoms with van der Waals surface area (Å²) in [7, 11) is 3.44. The van der Waals surface area contributed by atoms with Crippen LogP contribution in [0.1, 0.15) is 32.7 Å². The summed E-state index contributed by atoms with van der Waals surface area (Å²) in [5, 5.41) is 14.2. The van der Waals surface area contributed by atoms with Crippen molar-refractivity contribution in [3.05, 3.63) is 54.4 Å². The van der Waals surface area contributed by atoms with Gasteiger partial charge in [0.05, 0.1) is 12.4 Å². The number of aromatic nitrogens is 3. The molecule has 1 aromatic heterocycles. The molecule has 2 amide bonds. The lowest BCUT2D eigenvalue weighted by atomic mass is 10.2. The highest BCUT2D eigenvalue weighted by Crippen LogP contribution is 2.28. The molecule has 3 aromatic rings. The van der Waals surface area contributed by atoms with Crippen molar-refractivity contribution in [3.63, 3.8) is 0 Å². The Labute approximate surface area is 196 Å². The predicted octanol–water partition coefficient (Wildman–Crippen LogP) is 4.04. The van der Waals surface area contributed by atoms with Crippen LogP contribution in [0, 0.1) is 0 Å². The summed E-state index contributed by atoms with van der Waals surface area (Å²) in [6, 6.07) is 14.3. The van der Waals surface area contributed by atoms with Crippen molar-refractivity contribution >= 4 is 35.0 Å². The molecule has 0 radical (unpaired) electrons. The predicted molar refractivity (Wildman–Crippen MR) is 128 cm³/mol. The van der Waals surface area contributed by atoms with Crippen LogP contribution in [0.2, 0.25) is 0 Å². The highest BCUT2D eigenvalue weighted by Gasteiger charge is 2.22. The molecule has 0 saturated carbocycles. The van der Waals surface area contributed by atoms with E-state index in [1.807, 2.05) is 36.7 Å². The van der Waals surface area contributed by atoms with Crippen molar-refractivity contribution in [1.82, 2.24) is 14.8 Å². The molecular formula is C23H27N5O4S. The summed E-state index contributed by atoms with van der Waals surface area (Å²) < 4.78 is 13.0. The first-order valence-electron chi connectivity index (χ1n) is 10.3. The van der Waals surface area contributed by atoms with E-state index in [4.69, 9.17) is 9.47 Å². The van der Waals surface area contributed by atoms with Crippen LogP contribution in [0.4, 0.5) is 11.4 Å². The van der Waals surface area contributed by atoms with Crippen LogP contribution in [-0.4, -0.2) is 38.9 Å². The van der Waals surface area contributed by atoms with Crippen molar-refractivity contribution in [3.8, 4) is 11.5 Å². The minimum Gasteiger partial charge on any atom is -0.497 e. The number of methoxy groups -OCH3 is 1. The summed E-state index contributed by atoms with van der Waals surface area (Å²) >= 11 is 1.30. The third kappa shape index (κ3) is 6.48. The van der Waals surface area contributed by atoms with E-state index in [0.717, 1.165) is 0 Å². The van der Waals surface area contributed by atoms with Crippen LogP contribution >= 0.6 is 11.8 Å². The van der Waals surface area contributed by atoms with E-state index < -0.39 is 5.25 Å². The lowest BCUT2D eigenvalue weighted by Gasteiger charge is -2.15. The van der Waals surface area contributed by atoms with Gasteiger partial charge < -0.3 is 24.7 Å². The molecule has 2 unspecified atom stereocenters. The summed E-state index contributed by atoms with van der Waals surface area (Å²) in [6.45, 7) is 5.11. The van der Waals surface area contributed by atoms with Crippen molar-refractivity contribution in [2.24, 2.45) is 7.05 Å². The summed E-state index contributed by atoms with van der Waals surface area (Å²) in [4.78, 5) is 23.9. The van der Waals surface area contributed by atoms with Gasteiger partial charge in [0.1, 0.15) is 11.5 Å². The standard InChI is InChI=1S/C23H27N5O4S/c1-14(32-20-11-7-10-19(13-20)31-5)21-26-27-23(28(21)4)33-15(2)22(30)25-18-9-6-8-17(12-18)24-16(3)29/h6-15H,1-5H3,(H,24,29)(H,25,30). The fourth-order valence-corrected chi connectivity index (χ4v) is 3.87. The van der Waals surface area contributed by atoms with Gasteiger partial charge in [-0.15, -0.1) is 10.2 Å². The first kappa shape index (κ1) is 24.1. The van der Waals surface area contributed by atoms with E-state index >= 15 is 0 Å². The normalized spacial score (nSPS) is 12.5. The molecule has 2 atom stereocenters. The van der Waals surface area contributed by atoms with Crippen molar-refractivity contribution in [2.75, 3.05) is 17.7 Å². The third-order valence-corrected chi connectivity index (χ3v) is 5.82. The highest BCUT2D eigenvalue weighted by molar-refractivity contribution is 8.00. The Bertz CT molecular complexity index is 1130. The number of ether oxygens (including phenoxy) is 2. The largest absolute Gasteiger partial charge is 0.497 e. The molecule has 0 aliphatic rings. The van der Waals surface area contributed by atoms with Crippen LogP contribution in [0.3, 0.4) is 0 Å². The molecule has 1 heterocycles. The van der Waals surface area contributed by atoms with Gasteiger partial charge in [0.15, 0.2) is 17.1 Å². The van der Waals surface area contributed by atoms with E-state index in [-0.39, 0.29) is 17.9 Å². The quantitative estimate of drug-likeness (QED) is 0.455. The number of nitrogens with zero attached hydrogens (tertiary/aromatic N) is 3. The first-order chi connectivity index (χ1) is 15.8. The van der Waals surface area contributed by atoms with Crippen molar-refractivity contribution in [2.45, 2.75) is 37.3 Å². The molecule has 0 aliphatic carbocycles. The Hall–Kier alpha value is -3.53. The number of benzene rings is 2. The van der Waals surface area contributed by atoms with E-state index in [1.165, 1.54) is 18.7 Å². The maximum absolute atomic E-state index is 12.7. The topological polar surface area (TPSA) is 107 Å². The molecule has 0 spiro atoms. The fraction of sp³-hybridized carbons (Fsp3) is 0.304. The van der Waals surface area contributed by atoms with Crippen LogP contribution in [0.15, 0.2) is 53.7 Å². The third-order valence-electron chi connectivity index (χ3n) is 4.69. The second-order valence-electron chi connectivity index (χ2n) is 7.35. The molecule has 0 saturated heterocycles. The lowest BCUT2D eigenvalue weighted by molar-refractivity contribution is -0.115. The summed E-state index contributed by atoms with van der Waals surface area (Å²) in [5.74, 6) is 1.64. The Kier molecular flexibility index (Phi) is 7.94. The number of hydrogen-bond donors (Lipinski definition) is 2. The lowest BCUT2D eigenvalue weighted by Crippen LogP contribution is -2.23. The number of amides is 2. The average Bonchev–Trinajstić information content (AvgIpc) is 3.13. The number of anilines is 2. The zero-order valence-corrected chi connectivity index (χ0v) is 20.0. The number of carbonyl (C=O) groups excluding carboxylic acids is 2. The summed E-state index contributed by atoms with van der Waals surface area (Å²) in [5.41, 5.74) is 1.21. The maximum Gasteiger partial charge on any atom is 0.237 e. The van der Waals surface area contributed by atoms with E-state index in [0.29, 0.717) is 33.9 Å². The Morgan fingerprint density at radius 2 is 1.67 bits per heavy atom. The maximum atomic E-state index is 12.7. The van der Waals surface area contributed by atoms with Gasteiger partial charge in [-0.3, -0.25) is 9.59 Å². The van der Waals surface area contributed by atoms with Gasteiger partial charge in [-0.2, -0.15) is 0 Å². The van der Waals surface area contributed by atoms with E-state index in [9.17, 15) is 9.59 Å². The zero-order valence-electron chi connectivity index (χ0n) is 19.2. The van der Waals surface area contributed by atoms with Gasteiger partial charge in [0.25, 0.3) is 0 Å².